The average Bonchev–Trinajstić information content (AvgIpc) is 2.56. The number of nitrogens with zero attached hydrogens (tertiary/aromatic N) is 2. The quantitative estimate of drug-likeness (QED) is 0.637. The number of benzene rings is 1. The molecule has 2 heterocycles. The van der Waals surface area contributed by atoms with Gasteiger partial charge in [-0.3, -0.25) is 9.36 Å². The molecule has 0 spiro atoms. The van der Waals surface area contributed by atoms with E-state index in [1.807, 2.05) is 0 Å². The van der Waals surface area contributed by atoms with Gasteiger partial charge >= 0.3 is 5.97 Å². The number of fused-ring (bicyclic) bond motifs is 2. The number of rotatable bonds is 4. The van der Waals surface area contributed by atoms with Gasteiger partial charge in [-0.05, 0) is 37.5 Å². The van der Waals surface area contributed by atoms with E-state index in [1.165, 1.54) is 6.42 Å². The summed E-state index contributed by atoms with van der Waals surface area (Å²) in [6.45, 7) is 3.21. The Morgan fingerprint density at radius 3 is 2.92 bits per heavy atom. The molecule has 0 saturated carbocycles. The van der Waals surface area contributed by atoms with E-state index in [0.29, 0.717) is 23.1 Å². The molecule has 3 rings (SSSR count). The summed E-state index contributed by atoms with van der Waals surface area (Å²) in [5.41, 5.74) is 1.06. The Bertz CT molecular complexity index is 795. The van der Waals surface area contributed by atoms with Crippen molar-refractivity contribution in [2.24, 2.45) is 0 Å². The Kier molecular flexibility index (Phi) is 5.28. The number of aromatic nitrogens is 2. The first-order chi connectivity index (χ1) is 11.7. The van der Waals surface area contributed by atoms with Gasteiger partial charge in [-0.15, -0.1) is 0 Å². The fraction of sp³-hybridized carbons (Fsp3) is 0.526. The minimum Gasteiger partial charge on any atom is -0.462 e. The van der Waals surface area contributed by atoms with Gasteiger partial charge < -0.3 is 4.74 Å². The van der Waals surface area contributed by atoms with Crippen molar-refractivity contribution in [3.05, 3.63) is 39.9 Å². The van der Waals surface area contributed by atoms with Crippen molar-refractivity contribution in [2.45, 2.75) is 58.4 Å². The first-order valence-corrected chi connectivity index (χ1v) is 8.91. The van der Waals surface area contributed by atoms with Gasteiger partial charge in [0.1, 0.15) is 5.82 Å². The minimum absolute atomic E-state index is 0.00259. The van der Waals surface area contributed by atoms with Crippen LogP contribution in [-0.2, 0) is 17.7 Å². The fourth-order valence-electron chi connectivity index (χ4n) is 3.11. The summed E-state index contributed by atoms with van der Waals surface area (Å²) in [6.07, 6.45) is 7.06. The maximum absolute atomic E-state index is 12.7. The lowest BCUT2D eigenvalue weighted by molar-refractivity contribution is 0.0500. The molecule has 1 aliphatic rings. The van der Waals surface area contributed by atoms with Gasteiger partial charge in [-0.25, -0.2) is 9.78 Å². The normalized spacial score (nSPS) is 14.7. The van der Waals surface area contributed by atoms with Crippen LogP contribution in [0.25, 0.3) is 10.9 Å². The summed E-state index contributed by atoms with van der Waals surface area (Å²) in [5, 5.41) is 0.574. The number of unbranched alkanes of at least 4 members (excludes halogenated alkanes) is 1. The van der Waals surface area contributed by atoms with Gasteiger partial charge in [-0.1, -0.05) is 26.2 Å². The Morgan fingerprint density at radius 2 is 2.08 bits per heavy atom. The molecule has 0 atom stereocenters. The standard InChI is InChI=1S/C19H24N2O3/c1-2-3-12-24-19(23)14-9-10-15-16(13-14)20-17-8-6-4-5-7-11-21(17)18(15)22/h9-10,13H,2-8,11-12H2,1H3. The van der Waals surface area contributed by atoms with Crippen molar-refractivity contribution >= 4 is 16.9 Å². The molecule has 0 bridgehead atoms. The van der Waals surface area contributed by atoms with Crippen LogP contribution in [0.4, 0.5) is 0 Å². The van der Waals surface area contributed by atoms with Crippen LogP contribution in [0.3, 0.4) is 0 Å². The lowest BCUT2D eigenvalue weighted by Crippen LogP contribution is -2.26. The summed E-state index contributed by atoms with van der Waals surface area (Å²) in [6, 6.07) is 5.05. The van der Waals surface area contributed by atoms with Crippen molar-refractivity contribution in [3.8, 4) is 0 Å². The molecule has 1 aliphatic heterocycles. The number of hydrogen-bond acceptors (Lipinski definition) is 4. The van der Waals surface area contributed by atoms with Crippen molar-refractivity contribution < 1.29 is 9.53 Å². The molecule has 0 N–H and O–H groups in total. The molecular weight excluding hydrogens is 304 g/mol. The van der Waals surface area contributed by atoms with Crippen molar-refractivity contribution in [1.29, 1.82) is 0 Å². The highest BCUT2D eigenvalue weighted by atomic mass is 16.5. The largest absolute Gasteiger partial charge is 0.462 e. The zero-order valence-electron chi connectivity index (χ0n) is 14.2. The molecule has 128 valence electrons. The van der Waals surface area contributed by atoms with E-state index in [2.05, 4.69) is 11.9 Å². The first kappa shape index (κ1) is 16.7. The Hall–Kier alpha value is -2.17. The maximum atomic E-state index is 12.7. The lowest BCUT2D eigenvalue weighted by atomic mass is 10.1. The summed E-state index contributed by atoms with van der Waals surface area (Å²) < 4.78 is 7.05. The molecule has 5 heteroatoms. The highest BCUT2D eigenvalue weighted by Gasteiger charge is 2.15. The molecule has 1 aromatic heterocycles. The zero-order valence-corrected chi connectivity index (χ0v) is 14.2. The van der Waals surface area contributed by atoms with Gasteiger partial charge in [0.25, 0.3) is 5.56 Å². The summed E-state index contributed by atoms with van der Waals surface area (Å²) in [7, 11) is 0. The zero-order chi connectivity index (χ0) is 16.9. The lowest BCUT2D eigenvalue weighted by Gasteiger charge is -2.16. The molecule has 5 nitrogen and oxygen atoms in total. The number of esters is 1. The average molecular weight is 328 g/mol. The van der Waals surface area contributed by atoms with Crippen LogP contribution in [-0.4, -0.2) is 22.1 Å². The molecule has 0 amide bonds. The van der Waals surface area contributed by atoms with Crippen LogP contribution in [0.1, 0.15) is 61.6 Å². The second-order valence-electron chi connectivity index (χ2n) is 6.37. The topological polar surface area (TPSA) is 61.2 Å². The second-order valence-corrected chi connectivity index (χ2v) is 6.37. The molecule has 24 heavy (non-hydrogen) atoms. The number of carbonyl (C=O) groups is 1. The molecule has 0 radical (unpaired) electrons. The van der Waals surface area contributed by atoms with Gasteiger partial charge in [-0.2, -0.15) is 0 Å². The van der Waals surface area contributed by atoms with Gasteiger partial charge in [0, 0.05) is 13.0 Å². The highest BCUT2D eigenvalue weighted by molar-refractivity contribution is 5.94. The van der Waals surface area contributed by atoms with E-state index in [4.69, 9.17) is 4.74 Å². The number of ether oxygens (including phenoxy) is 1. The SMILES string of the molecule is CCCCOC(=O)c1ccc2c(=O)n3c(nc2c1)CCCCCC3. The van der Waals surface area contributed by atoms with Crippen LogP contribution in [0.15, 0.2) is 23.0 Å². The Balaban J connectivity index is 1.96. The second kappa shape index (κ2) is 7.60. The van der Waals surface area contributed by atoms with Crippen LogP contribution in [0.2, 0.25) is 0 Å². The third-order valence-corrected chi connectivity index (χ3v) is 4.53. The fourth-order valence-corrected chi connectivity index (χ4v) is 3.11. The molecule has 2 aromatic rings. The van der Waals surface area contributed by atoms with Crippen molar-refractivity contribution in [2.75, 3.05) is 6.61 Å². The molecule has 0 unspecified atom stereocenters. The molecule has 0 saturated heterocycles. The van der Waals surface area contributed by atoms with Crippen LogP contribution < -0.4 is 5.56 Å². The van der Waals surface area contributed by atoms with Crippen LogP contribution >= 0.6 is 0 Å². The van der Waals surface area contributed by atoms with Crippen molar-refractivity contribution in [1.82, 2.24) is 9.55 Å². The third-order valence-electron chi connectivity index (χ3n) is 4.53. The molecule has 0 aliphatic carbocycles. The smallest absolute Gasteiger partial charge is 0.338 e. The predicted octanol–water partition coefficient (Wildman–Crippen LogP) is 3.47. The molecule has 0 fully saturated rings. The maximum Gasteiger partial charge on any atom is 0.338 e. The Morgan fingerprint density at radius 1 is 1.25 bits per heavy atom. The number of hydrogen-bond donors (Lipinski definition) is 0. The van der Waals surface area contributed by atoms with E-state index in [0.717, 1.165) is 50.9 Å². The number of aryl methyl sites for hydroxylation is 1. The summed E-state index contributed by atoms with van der Waals surface area (Å²) >= 11 is 0. The van der Waals surface area contributed by atoms with Crippen LogP contribution in [0.5, 0.6) is 0 Å². The highest BCUT2D eigenvalue weighted by Crippen LogP contribution is 2.17. The van der Waals surface area contributed by atoms with Gasteiger partial charge in [0.15, 0.2) is 0 Å². The van der Waals surface area contributed by atoms with E-state index in [1.54, 1.807) is 22.8 Å². The molecular formula is C19H24N2O3. The van der Waals surface area contributed by atoms with E-state index < -0.39 is 0 Å². The molecule has 1 aromatic carbocycles. The van der Waals surface area contributed by atoms with Crippen molar-refractivity contribution in [3.63, 3.8) is 0 Å². The van der Waals surface area contributed by atoms with Crippen LogP contribution in [0, 0.1) is 0 Å². The summed E-state index contributed by atoms with van der Waals surface area (Å²) in [4.78, 5) is 29.5. The van der Waals surface area contributed by atoms with Gasteiger partial charge in [0.2, 0.25) is 0 Å². The minimum atomic E-state index is -0.348. The van der Waals surface area contributed by atoms with E-state index >= 15 is 0 Å². The first-order valence-electron chi connectivity index (χ1n) is 8.91. The predicted molar refractivity (Wildman–Crippen MR) is 93.4 cm³/mol. The monoisotopic (exact) mass is 328 g/mol. The van der Waals surface area contributed by atoms with E-state index in [-0.39, 0.29) is 11.5 Å². The Labute approximate surface area is 141 Å². The van der Waals surface area contributed by atoms with Gasteiger partial charge in [0.05, 0.1) is 23.1 Å². The number of carbonyl (C=O) groups excluding carboxylic acids is 1. The van der Waals surface area contributed by atoms with E-state index in [9.17, 15) is 9.59 Å². The third kappa shape index (κ3) is 3.50. The summed E-state index contributed by atoms with van der Waals surface area (Å²) in [5.74, 6) is 0.489.